The summed E-state index contributed by atoms with van der Waals surface area (Å²) in [6, 6.07) is 4.50. The van der Waals surface area contributed by atoms with Gasteiger partial charge in [-0.3, -0.25) is 9.78 Å². The van der Waals surface area contributed by atoms with E-state index in [1.54, 1.807) is 0 Å². The number of hydrogen-bond donors (Lipinski definition) is 1. The number of hydrogen-bond acceptors (Lipinski definition) is 4. The first-order valence-corrected chi connectivity index (χ1v) is 9.78. The second-order valence-corrected chi connectivity index (χ2v) is 7.37. The molecular weight excluding hydrogens is 514 g/mol. The van der Waals surface area contributed by atoms with E-state index in [0.29, 0.717) is 31.5 Å². The van der Waals surface area contributed by atoms with Crippen LogP contribution in [0.5, 0.6) is 5.75 Å². The number of benzene rings is 2. The number of para-hydroxylation sites is 1. The van der Waals surface area contributed by atoms with Gasteiger partial charge in [0.15, 0.2) is 11.8 Å². The summed E-state index contributed by atoms with van der Waals surface area (Å²) in [5, 5.41) is 1.78. The van der Waals surface area contributed by atoms with Crippen molar-refractivity contribution in [2.75, 3.05) is 5.32 Å². The van der Waals surface area contributed by atoms with Crippen LogP contribution >= 0.6 is 11.6 Å². The fraction of sp³-hybridized carbons (Fsp3) is 0.190. The zero-order chi connectivity index (χ0) is 26.1. The highest BCUT2D eigenvalue weighted by Gasteiger charge is 2.39. The molecule has 0 saturated carbocycles. The Balaban J connectivity index is 2.08. The van der Waals surface area contributed by atoms with E-state index in [1.807, 2.05) is 5.32 Å². The number of carbonyl (C=O) groups is 1. The van der Waals surface area contributed by atoms with Crippen molar-refractivity contribution in [2.45, 2.75) is 25.4 Å². The second kappa shape index (κ2) is 9.64. The molecule has 1 N–H and O–H groups in total. The summed E-state index contributed by atoms with van der Waals surface area (Å²) in [5.74, 6) is -4.31. The maximum atomic E-state index is 14.8. The van der Waals surface area contributed by atoms with Crippen LogP contribution in [0.15, 0.2) is 42.7 Å². The Morgan fingerprint density at radius 2 is 1.71 bits per heavy atom. The minimum Gasteiger partial charge on any atom is -0.480 e. The van der Waals surface area contributed by atoms with E-state index in [1.165, 1.54) is 12.1 Å². The molecule has 1 unspecified atom stereocenters. The molecule has 0 spiro atoms. The summed E-state index contributed by atoms with van der Waals surface area (Å²) in [4.78, 5) is 19.3. The number of anilines is 1. The number of amides is 1. The molecule has 1 heterocycles. The predicted molar refractivity (Wildman–Crippen MR) is 108 cm³/mol. The van der Waals surface area contributed by atoms with Crippen molar-refractivity contribution < 1.29 is 44.7 Å². The zero-order valence-electron chi connectivity index (χ0n) is 17.2. The van der Waals surface area contributed by atoms with Gasteiger partial charge in [-0.05, 0) is 31.2 Å². The quantitative estimate of drug-likeness (QED) is 0.378. The normalized spacial score (nSPS) is 12.9. The van der Waals surface area contributed by atoms with E-state index in [4.69, 9.17) is 16.3 Å². The molecule has 3 aromatic rings. The highest BCUT2D eigenvalue weighted by molar-refractivity contribution is 6.34. The molecule has 2 aromatic carbocycles. The standard InChI is InChI=1S/C21H12ClF8N3O2/c1-9(20(25,26)27)35-16-6-10(15-7-32-17(8-31-15)21(28,29)30)14(24)5-11(16)19(34)33-18-12(22)3-2-4-13(18)23/h2-9H,1H3,(H,33,34). The Morgan fingerprint density at radius 3 is 2.26 bits per heavy atom. The summed E-state index contributed by atoms with van der Waals surface area (Å²) >= 11 is 5.82. The smallest absolute Gasteiger partial charge is 0.434 e. The molecule has 1 amide bonds. The van der Waals surface area contributed by atoms with Crippen molar-refractivity contribution in [3.8, 4) is 17.0 Å². The summed E-state index contributed by atoms with van der Waals surface area (Å²) in [5.41, 5.74) is -3.77. The van der Waals surface area contributed by atoms with Gasteiger partial charge < -0.3 is 10.1 Å². The minimum absolute atomic E-state index is 0.249. The molecule has 0 radical (unpaired) electrons. The molecule has 14 heteroatoms. The number of nitrogens with zero attached hydrogens (tertiary/aromatic N) is 2. The third kappa shape index (κ3) is 5.96. The van der Waals surface area contributed by atoms with Crippen LogP contribution in [-0.4, -0.2) is 28.2 Å². The molecule has 1 atom stereocenters. The number of halogens is 9. The molecule has 0 aliphatic rings. The Morgan fingerprint density at radius 1 is 1.03 bits per heavy atom. The largest absolute Gasteiger partial charge is 0.480 e. The molecule has 5 nitrogen and oxygen atoms in total. The van der Waals surface area contributed by atoms with Gasteiger partial charge in [-0.2, -0.15) is 26.3 Å². The number of carbonyl (C=O) groups excluding carboxylic acids is 1. The van der Waals surface area contributed by atoms with Crippen molar-refractivity contribution in [1.82, 2.24) is 9.97 Å². The maximum absolute atomic E-state index is 14.8. The van der Waals surface area contributed by atoms with E-state index in [2.05, 4.69) is 9.97 Å². The van der Waals surface area contributed by atoms with Crippen LogP contribution in [0.4, 0.5) is 40.8 Å². The summed E-state index contributed by atoms with van der Waals surface area (Å²) in [7, 11) is 0. The number of aromatic nitrogens is 2. The SMILES string of the molecule is CC(Oc1cc(-c2cnc(C(F)(F)F)cn2)c(F)cc1C(=O)Nc1c(F)cccc1Cl)C(F)(F)F. The van der Waals surface area contributed by atoms with E-state index < -0.39 is 69.9 Å². The molecule has 0 saturated heterocycles. The van der Waals surface area contributed by atoms with Gasteiger partial charge in [-0.15, -0.1) is 0 Å². The van der Waals surface area contributed by atoms with Crippen molar-refractivity contribution in [2.24, 2.45) is 0 Å². The molecule has 0 aliphatic heterocycles. The molecule has 0 bridgehead atoms. The average molecular weight is 526 g/mol. The highest BCUT2D eigenvalue weighted by atomic mass is 35.5. The number of rotatable bonds is 5. The van der Waals surface area contributed by atoms with Crippen LogP contribution in [0.3, 0.4) is 0 Å². The lowest BCUT2D eigenvalue weighted by atomic mass is 10.1. The topological polar surface area (TPSA) is 64.1 Å². The number of alkyl halides is 6. The Bertz CT molecular complexity index is 1230. The summed E-state index contributed by atoms with van der Waals surface area (Å²) in [6.07, 6.45) is -11.4. The van der Waals surface area contributed by atoms with Gasteiger partial charge >= 0.3 is 12.4 Å². The van der Waals surface area contributed by atoms with Crippen LogP contribution in [0.1, 0.15) is 23.0 Å². The lowest BCUT2D eigenvalue weighted by molar-refractivity contribution is -0.189. The van der Waals surface area contributed by atoms with Gasteiger partial charge in [0.05, 0.1) is 34.4 Å². The van der Waals surface area contributed by atoms with Crippen LogP contribution in [-0.2, 0) is 6.18 Å². The van der Waals surface area contributed by atoms with Crippen molar-refractivity contribution in [3.05, 3.63) is 70.6 Å². The summed E-state index contributed by atoms with van der Waals surface area (Å²) in [6.45, 7) is 0.608. The lowest BCUT2D eigenvalue weighted by Crippen LogP contribution is -2.32. The Hall–Kier alpha value is -3.48. The first kappa shape index (κ1) is 26.1. The highest BCUT2D eigenvalue weighted by Crippen LogP contribution is 2.35. The fourth-order valence-corrected chi connectivity index (χ4v) is 2.90. The van der Waals surface area contributed by atoms with Crippen molar-refractivity contribution >= 4 is 23.2 Å². The Kier molecular flexibility index (Phi) is 7.20. The van der Waals surface area contributed by atoms with Gasteiger partial charge in [-0.1, -0.05) is 17.7 Å². The van der Waals surface area contributed by atoms with Gasteiger partial charge in [0.1, 0.15) is 17.4 Å². The fourth-order valence-electron chi connectivity index (χ4n) is 2.69. The molecule has 1 aromatic heterocycles. The van der Waals surface area contributed by atoms with E-state index >= 15 is 0 Å². The lowest BCUT2D eigenvalue weighted by Gasteiger charge is -2.20. The first-order chi connectivity index (χ1) is 16.2. The molecule has 35 heavy (non-hydrogen) atoms. The first-order valence-electron chi connectivity index (χ1n) is 9.40. The zero-order valence-corrected chi connectivity index (χ0v) is 18.0. The monoisotopic (exact) mass is 525 g/mol. The van der Waals surface area contributed by atoms with Crippen LogP contribution in [0, 0.1) is 11.6 Å². The third-order valence-electron chi connectivity index (χ3n) is 4.50. The van der Waals surface area contributed by atoms with Gasteiger partial charge in [0.2, 0.25) is 0 Å². The van der Waals surface area contributed by atoms with E-state index in [9.17, 15) is 39.9 Å². The van der Waals surface area contributed by atoms with Crippen molar-refractivity contribution in [1.29, 1.82) is 0 Å². The molecule has 0 aliphatic carbocycles. The van der Waals surface area contributed by atoms with Gasteiger partial charge in [0, 0.05) is 5.56 Å². The molecule has 0 fully saturated rings. The minimum atomic E-state index is -4.90. The molecule has 186 valence electrons. The maximum Gasteiger partial charge on any atom is 0.434 e. The van der Waals surface area contributed by atoms with E-state index in [-0.39, 0.29) is 5.02 Å². The van der Waals surface area contributed by atoms with E-state index in [0.717, 1.165) is 6.07 Å². The third-order valence-corrected chi connectivity index (χ3v) is 4.81. The van der Waals surface area contributed by atoms with Crippen LogP contribution < -0.4 is 10.1 Å². The Labute approximate surface area is 196 Å². The second-order valence-electron chi connectivity index (χ2n) is 6.97. The average Bonchev–Trinajstić information content (AvgIpc) is 2.76. The number of nitrogens with one attached hydrogen (secondary N) is 1. The van der Waals surface area contributed by atoms with Crippen LogP contribution in [0.25, 0.3) is 11.3 Å². The van der Waals surface area contributed by atoms with Gasteiger partial charge in [0.25, 0.3) is 5.91 Å². The van der Waals surface area contributed by atoms with Crippen molar-refractivity contribution in [3.63, 3.8) is 0 Å². The molecule has 3 rings (SSSR count). The summed E-state index contributed by atoms with van der Waals surface area (Å²) < 4.78 is 111. The number of ether oxygens (including phenoxy) is 1. The molecular formula is C21H12ClF8N3O2. The van der Waals surface area contributed by atoms with Gasteiger partial charge in [-0.25, -0.2) is 13.8 Å². The predicted octanol–water partition coefficient (Wildman–Crippen LogP) is 6.68. The van der Waals surface area contributed by atoms with Crippen LogP contribution in [0.2, 0.25) is 5.02 Å².